The molecule has 1 aromatic rings. The van der Waals surface area contributed by atoms with E-state index < -0.39 is 5.97 Å². The number of nitrogens with zero attached hydrogens (tertiary/aromatic N) is 2. The molecule has 0 bridgehead atoms. The van der Waals surface area contributed by atoms with E-state index in [0.717, 1.165) is 12.8 Å². The molecular formula is C17H27N3O3. The van der Waals surface area contributed by atoms with Crippen molar-refractivity contribution in [1.82, 2.24) is 14.9 Å². The van der Waals surface area contributed by atoms with Crippen molar-refractivity contribution in [2.75, 3.05) is 0 Å². The Morgan fingerprint density at radius 2 is 2.00 bits per heavy atom. The Bertz CT molecular complexity index is 554. The summed E-state index contributed by atoms with van der Waals surface area (Å²) in [5.41, 5.74) is 0.00696. The zero-order chi connectivity index (χ0) is 17.0. The fourth-order valence-corrected chi connectivity index (χ4v) is 3.51. The van der Waals surface area contributed by atoms with Gasteiger partial charge in [-0.25, -0.2) is 9.78 Å². The Labute approximate surface area is 137 Å². The van der Waals surface area contributed by atoms with Crippen LogP contribution in [0.1, 0.15) is 63.4 Å². The van der Waals surface area contributed by atoms with Gasteiger partial charge in [0, 0.05) is 6.04 Å². The van der Waals surface area contributed by atoms with Crippen molar-refractivity contribution in [3.8, 4) is 0 Å². The summed E-state index contributed by atoms with van der Waals surface area (Å²) in [4.78, 5) is 27.3. The van der Waals surface area contributed by atoms with E-state index in [1.807, 2.05) is 0 Å². The summed E-state index contributed by atoms with van der Waals surface area (Å²) in [6, 6.07) is 0.104. The molecule has 0 aromatic carbocycles. The largest absolute Gasteiger partial charge is 0.477 e. The Kier molecular flexibility index (Phi) is 5.44. The van der Waals surface area contributed by atoms with E-state index in [4.69, 9.17) is 5.11 Å². The van der Waals surface area contributed by atoms with E-state index in [1.165, 1.54) is 36.4 Å². The van der Waals surface area contributed by atoms with Crippen LogP contribution >= 0.6 is 0 Å². The Morgan fingerprint density at radius 1 is 1.35 bits per heavy atom. The highest BCUT2D eigenvalue weighted by atomic mass is 16.4. The number of imidazole rings is 1. The Hall–Kier alpha value is -1.85. The van der Waals surface area contributed by atoms with Gasteiger partial charge in [-0.1, -0.05) is 40.0 Å². The molecule has 1 unspecified atom stereocenters. The van der Waals surface area contributed by atoms with E-state index >= 15 is 0 Å². The lowest BCUT2D eigenvalue weighted by Crippen LogP contribution is -2.50. The first-order chi connectivity index (χ1) is 10.8. The van der Waals surface area contributed by atoms with E-state index in [0.29, 0.717) is 5.92 Å². The van der Waals surface area contributed by atoms with Crippen molar-refractivity contribution in [2.24, 2.45) is 11.3 Å². The van der Waals surface area contributed by atoms with Crippen LogP contribution in [-0.2, 0) is 11.3 Å². The predicted octanol–water partition coefficient (Wildman–Crippen LogP) is 2.69. The minimum absolute atomic E-state index is 0.0130. The van der Waals surface area contributed by atoms with Gasteiger partial charge >= 0.3 is 5.97 Å². The molecule has 1 saturated carbocycles. The lowest BCUT2D eigenvalue weighted by atomic mass is 9.73. The highest BCUT2D eigenvalue weighted by Crippen LogP contribution is 2.34. The molecule has 6 heteroatoms. The third-order valence-corrected chi connectivity index (χ3v) is 4.62. The summed E-state index contributed by atoms with van der Waals surface area (Å²) in [5, 5.41) is 12.2. The summed E-state index contributed by atoms with van der Waals surface area (Å²) >= 11 is 0. The third kappa shape index (κ3) is 4.56. The molecule has 6 nitrogen and oxygen atoms in total. The van der Waals surface area contributed by atoms with Crippen molar-refractivity contribution in [2.45, 2.75) is 65.5 Å². The number of amides is 1. The maximum atomic E-state index is 12.4. The van der Waals surface area contributed by atoms with Crippen LogP contribution in [-0.4, -0.2) is 32.6 Å². The topological polar surface area (TPSA) is 84.2 Å². The summed E-state index contributed by atoms with van der Waals surface area (Å²) in [5.74, 6) is -0.736. The molecule has 0 spiro atoms. The first kappa shape index (κ1) is 17.5. The van der Waals surface area contributed by atoms with E-state index in [9.17, 15) is 9.59 Å². The van der Waals surface area contributed by atoms with Gasteiger partial charge < -0.3 is 15.0 Å². The first-order valence-electron chi connectivity index (χ1n) is 8.32. The lowest BCUT2D eigenvalue weighted by molar-refractivity contribution is -0.123. The molecule has 2 rings (SSSR count). The Morgan fingerprint density at radius 3 is 2.57 bits per heavy atom. The van der Waals surface area contributed by atoms with Crippen molar-refractivity contribution in [3.63, 3.8) is 0 Å². The van der Waals surface area contributed by atoms with Crippen LogP contribution < -0.4 is 5.32 Å². The number of rotatable bonds is 5. The number of aromatic carboxylic acids is 1. The lowest BCUT2D eigenvalue weighted by Gasteiger charge is -2.39. The van der Waals surface area contributed by atoms with Gasteiger partial charge in [0.05, 0.1) is 12.5 Å². The highest BCUT2D eigenvalue weighted by Gasteiger charge is 2.34. The monoisotopic (exact) mass is 321 g/mol. The van der Waals surface area contributed by atoms with Crippen molar-refractivity contribution < 1.29 is 14.7 Å². The number of carbonyl (C=O) groups is 2. The Balaban J connectivity index is 2.05. The number of carbonyl (C=O) groups excluding carboxylic acids is 1. The zero-order valence-corrected chi connectivity index (χ0v) is 14.2. The third-order valence-electron chi connectivity index (χ3n) is 4.62. The number of hydrogen-bond acceptors (Lipinski definition) is 3. The average molecular weight is 321 g/mol. The molecule has 1 amide bonds. The maximum Gasteiger partial charge on any atom is 0.354 e. The van der Waals surface area contributed by atoms with Crippen LogP contribution in [0.15, 0.2) is 12.5 Å². The standard InChI is InChI=1S/C17H27N3O3/c1-17(2,3)15(12-7-5-4-6-8-12)19-14(21)10-20-11-18-9-13(20)16(22)23/h9,11-12,15H,4-8,10H2,1-3H3,(H,19,21)(H,22,23). The van der Waals surface area contributed by atoms with Gasteiger partial charge in [0.15, 0.2) is 0 Å². The normalized spacial score (nSPS) is 17.7. The van der Waals surface area contributed by atoms with Gasteiger partial charge in [-0.2, -0.15) is 0 Å². The van der Waals surface area contributed by atoms with Crippen LogP contribution in [0, 0.1) is 11.3 Å². The molecule has 1 aliphatic rings. The molecule has 1 heterocycles. The van der Waals surface area contributed by atoms with Crippen molar-refractivity contribution in [3.05, 3.63) is 18.2 Å². The fraction of sp³-hybridized carbons (Fsp3) is 0.706. The van der Waals surface area contributed by atoms with E-state index in [1.54, 1.807) is 0 Å². The molecule has 0 saturated heterocycles. The summed E-state index contributed by atoms with van der Waals surface area (Å²) in [6.07, 6.45) is 8.66. The highest BCUT2D eigenvalue weighted by molar-refractivity contribution is 5.86. The van der Waals surface area contributed by atoms with Crippen molar-refractivity contribution in [1.29, 1.82) is 0 Å². The van der Waals surface area contributed by atoms with Crippen molar-refractivity contribution >= 4 is 11.9 Å². The van der Waals surface area contributed by atoms with Crippen LogP contribution in [0.25, 0.3) is 0 Å². The van der Waals surface area contributed by atoms with Crippen LogP contribution in [0.2, 0.25) is 0 Å². The molecule has 1 fully saturated rings. The molecule has 1 aliphatic carbocycles. The quantitative estimate of drug-likeness (QED) is 0.873. The molecule has 1 aromatic heterocycles. The van der Waals surface area contributed by atoms with Crippen LogP contribution in [0.4, 0.5) is 0 Å². The molecule has 0 aliphatic heterocycles. The molecular weight excluding hydrogens is 294 g/mol. The van der Waals surface area contributed by atoms with Gasteiger partial charge in [0.2, 0.25) is 5.91 Å². The maximum absolute atomic E-state index is 12.4. The van der Waals surface area contributed by atoms with E-state index in [-0.39, 0.29) is 29.6 Å². The molecule has 2 N–H and O–H groups in total. The van der Waals surface area contributed by atoms with Gasteiger partial charge in [-0.15, -0.1) is 0 Å². The van der Waals surface area contributed by atoms with Gasteiger partial charge in [0.1, 0.15) is 12.2 Å². The van der Waals surface area contributed by atoms with Gasteiger partial charge in [-0.05, 0) is 24.2 Å². The molecule has 23 heavy (non-hydrogen) atoms. The average Bonchev–Trinajstić information content (AvgIpc) is 2.93. The van der Waals surface area contributed by atoms with E-state index in [2.05, 4.69) is 31.1 Å². The first-order valence-corrected chi connectivity index (χ1v) is 8.32. The zero-order valence-electron chi connectivity index (χ0n) is 14.2. The molecule has 128 valence electrons. The summed E-state index contributed by atoms with van der Waals surface area (Å²) in [6.45, 7) is 6.42. The number of nitrogens with one attached hydrogen (secondary N) is 1. The second kappa shape index (κ2) is 7.15. The fourth-order valence-electron chi connectivity index (χ4n) is 3.51. The summed E-state index contributed by atoms with van der Waals surface area (Å²) in [7, 11) is 0. The van der Waals surface area contributed by atoms with Gasteiger partial charge in [0.25, 0.3) is 0 Å². The smallest absolute Gasteiger partial charge is 0.354 e. The summed E-state index contributed by atoms with van der Waals surface area (Å²) < 4.78 is 1.37. The van der Waals surface area contributed by atoms with Crippen LogP contribution in [0.5, 0.6) is 0 Å². The second-order valence-corrected chi connectivity index (χ2v) is 7.52. The minimum atomic E-state index is -1.07. The number of carboxylic acid groups (broad SMARTS) is 1. The SMILES string of the molecule is CC(C)(C)C(NC(=O)Cn1cncc1C(=O)O)C1CCCCC1. The number of aromatic nitrogens is 2. The van der Waals surface area contributed by atoms with Crippen LogP contribution in [0.3, 0.4) is 0 Å². The molecule has 1 atom stereocenters. The van der Waals surface area contributed by atoms with Gasteiger partial charge in [-0.3, -0.25) is 4.79 Å². The number of carboxylic acids is 1. The predicted molar refractivity (Wildman–Crippen MR) is 87.1 cm³/mol. The number of hydrogen-bond donors (Lipinski definition) is 2. The minimum Gasteiger partial charge on any atom is -0.477 e. The second-order valence-electron chi connectivity index (χ2n) is 7.52. The molecule has 0 radical (unpaired) electrons.